The molecule has 0 bridgehead atoms. The molecule has 2 N–H and O–H groups in total. The number of hydrogen-bond acceptors (Lipinski definition) is 4. The van der Waals surface area contributed by atoms with Gasteiger partial charge in [0.05, 0.1) is 20.3 Å². The molecule has 4 nitrogen and oxygen atoms in total. The third-order valence-corrected chi connectivity index (χ3v) is 3.33. The summed E-state index contributed by atoms with van der Waals surface area (Å²) in [6.45, 7) is 0. The number of hydrogen-bond donors (Lipinski definition) is 2. The summed E-state index contributed by atoms with van der Waals surface area (Å²) < 4.78 is 10.4. The summed E-state index contributed by atoms with van der Waals surface area (Å²) in [6.07, 6.45) is 0.572. The number of phenolic OH excluding ortho intramolecular Hbond substituents is 1. The number of ether oxygens (including phenoxy) is 2. The first kappa shape index (κ1) is 15.2. The number of benzene rings is 2. The maximum absolute atomic E-state index is 10.2. The van der Waals surface area contributed by atoms with Crippen LogP contribution in [0.5, 0.6) is 17.2 Å². The van der Waals surface area contributed by atoms with Crippen LogP contribution in [0.1, 0.15) is 11.1 Å². The molecule has 1 atom stereocenters. The molecule has 2 aromatic rings. The van der Waals surface area contributed by atoms with E-state index >= 15 is 0 Å². The van der Waals surface area contributed by atoms with Gasteiger partial charge in [0.2, 0.25) is 0 Å². The first-order valence-electron chi connectivity index (χ1n) is 6.79. The highest BCUT2D eigenvalue weighted by molar-refractivity contribution is 5.43. The summed E-state index contributed by atoms with van der Waals surface area (Å²) >= 11 is 0. The van der Waals surface area contributed by atoms with E-state index in [9.17, 15) is 10.2 Å². The van der Waals surface area contributed by atoms with Gasteiger partial charge in [-0.3, -0.25) is 0 Å². The molecule has 4 heteroatoms. The molecule has 112 valence electrons. The normalized spacial score (nSPS) is 12.0. The zero-order chi connectivity index (χ0) is 15.2. The summed E-state index contributed by atoms with van der Waals surface area (Å²) in [4.78, 5) is 0. The number of aliphatic hydroxyl groups excluding tert-OH is 1. The average Bonchev–Trinajstić information content (AvgIpc) is 2.49. The topological polar surface area (TPSA) is 58.9 Å². The Balaban J connectivity index is 2.02. The van der Waals surface area contributed by atoms with Gasteiger partial charge in [-0.15, -0.1) is 0 Å². The molecule has 0 saturated heterocycles. The maximum Gasteiger partial charge on any atom is 0.160 e. The summed E-state index contributed by atoms with van der Waals surface area (Å²) in [5.74, 6) is 1.56. The summed E-state index contributed by atoms with van der Waals surface area (Å²) in [5, 5.41) is 19.4. The van der Waals surface area contributed by atoms with Gasteiger partial charge in [-0.2, -0.15) is 0 Å². The van der Waals surface area contributed by atoms with Crippen molar-refractivity contribution in [3.8, 4) is 17.2 Å². The predicted molar refractivity (Wildman–Crippen MR) is 81.1 cm³/mol. The Morgan fingerprint density at radius 3 is 2.05 bits per heavy atom. The molecule has 2 aromatic carbocycles. The molecule has 0 aliphatic carbocycles. The van der Waals surface area contributed by atoms with E-state index in [-0.39, 0.29) is 5.75 Å². The van der Waals surface area contributed by atoms with Crippen molar-refractivity contribution in [2.75, 3.05) is 14.2 Å². The molecule has 0 aliphatic heterocycles. The van der Waals surface area contributed by atoms with Gasteiger partial charge >= 0.3 is 0 Å². The third kappa shape index (κ3) is 4.13. The molecule has 0 radical (unpaired) electrons. The number of rotatable bonds is 6. The van der Waals surface area contributed by atoms with Crippen molar-refractivity contribution in [3.05, 3.63) is 53.6 Å². The van der Waals surface area contributed by atoms with Crippen molar-refractivity contribution in [3.63, 3.8) is 0 Å². The summed E-state index contributed by atoms with van der Waals surface area (Å²) in [5.41, 5.74) is 1.97. The Labute approximate surface area is 124 Å². The first-order valence-corrected chi connectivity index (χ1v) is 6.79. The summed E-state index contributed by atoms with van der Waals surface area (Å²) in [6, 6.07) is 12.5. The minimum Gasteiger partial charge on any atom is -0.508 e. The highest BCUT2D eigenvalue weighted by Crippen LogP contribution is 2.28. The Hall–Kier alpha value is -2.20. The second-order valence-corrected chi connectivity index (χ2v) is 4.92. The van der Waals surface area contributed by atoms with E-state index in [1.807, 2.05) is 30.3 Å². The van der Waals surface area contributed by atoms with Gasteiger partial charge in [-0.25, -0.2) is 0 Å². The Kier molecular flexibility index (Phi) is 5.06. The summed E-state index contributed by atoms with van der Waals surface area (Å²) in [7, 11) is 3.19. The standard InChI is InChI=1S/C17H20O4/c1-20-16-8-5-13(11-17(16)21-2)10-15(19)9-12-3-6-14(18)7-4-12/h3-8,11,15,18-19H,9-10H2,1-2H3. The van der Waals surface area contributed by atoms with Crippen LogP contribution in [0.2, 0.25) is 0 Å². The van der Waals surface area contributed by atoms with Crippen molar-refractivity contribution in [1.29, 1.82) is 0 Å². The third-order valence-electron chi connectivity index (χ3n) is 3.33. The molecule has 2 rings (SSSR count). The minimum absolute atomic E-state index is 0.230. The van der Waals surface area contributed by atoms with E-state index in [0.717, 1.165) is 11.1 Å². The van der Waals surface area contributed by atoms with Gasteiger partial charge in [0.25, 0.3) is 0 Å². The minimum atomic E-state index is -0.493. The molecule has 0 spiro atoms. The molecule has 21 heavy (non-hydrogen) atoms. The maximum atomic E-state index is 10.2. The zero-order valence-corrected chi connectivity index (χ0v) is 12.2. The molecule has 0 heterocycles. The van der Waals surface area contributed by atoms with Crippen LogP contribution in [0.15, 0.2) is 42.5 Å². The van der Waals surface area contributed by atoms with E-state index in [2.05, 4.69) is 0 Å². The second kappa shape index (κ2) is 6.99. The molecule has 0 aliphatic rings. The quantitative estimate of drug-likeness (QED) is 0.857. The average molecular weight is 288 g/mol. The number of phenols is 1. The smallest absolute Gasteiger partial charge is 0.160 e. The molecular formula is C17H20O4. The van der Waals surface area contributed by atoms with Crippen LogP contribution < -0.4 is 9.47 Å². The van der Waals surface area contributed by atoms with E-state index in [1.165, 1.54) is 0 Å². The number of aliphatic hydroxyl groups is 1. The lowest BCUT2D eigenvalue weighted by molar-refractivity contribution is 0.175. The Morgan fingerprint density at radius 1 is 0.857 bits per heavy atom. The van der Waals surface area contributed by atoms with Crippen LogP contribution in [0, 0.1) is 0 Å². The first-order chi connectivity index (χ1) is 10.1. The molecular weight excluding hydrogens is 268 g/mol. The van der Waals surface area contributed by atoms with Crippen LogP contribution in [0.25, 0.3) is 0 Å². The van der Waals surface area contributed by atoms with Crippen LogP contribution >= 0.6 is 0 Å². The predicted octanol–water partition coefficient (Wildman–Crippen LogP) is 2.56. The van der Waals surface area contributed by atoms with Crippen molar-refractivity contribution >= 4 is 0 Å². The fourth-order valence-electron chi connectivity index (χ4n) is 2.26. The van der Waals surface area contributed by atoms with Gasteiger partial charge in [0.15, 0.2) is 11.5 Å². The van der Waals surface area contributed by atoms with Crippen molar-refractivity contribution in [2.24, 2.45) is 0 Å². The molecule has 0 aromatic heterocycles. The fourth-order valence-corrected chi connectivity index (χ4v) is 2.26. The van der Waals surface area contributed by atoms with Crippen LogP contribution in [0.4, 0.5) is 0 Å². The second-order valence-electron chi connectivity index (χ2n) is 4.92. The van der Waals surface area contributed by atoms with Crippen LogP contribution in [0.3, 0.4) is 0 Å². The van der Waals surface area contributed by atoms with Gasteiger partial charge < -0.3 is 19.7 Å². The Morgan fingerprint density at radius 2 is 1.43 bits per heavy atom. The van der Waals surface area contributed by atoms with E-state index < -0.39 is 6.10 Å². The lowest BCUT2D eigenvalue weighted by Crippen LogP contribution is -2.14. The molecule has 1 unspecified atom stereocenters. The SMILES string of the molecule is COc1ccc(CC(O)Cc2ccc(O)cc2)cc1OC. The highest BCUT2D eigenvalue weighted by Gasteiger charge is 2.10. The lowest BCUT2D eigenvalue weighted by atomic mass is 10.0. The van der Waals surface area contributed by atoms with Gasteiger partial charge in [0, 0.05) is 0 Å². The van der Waals surface area contributed by atoms with Gasteiger partial charge in [-0.1, -0.05) is 18.2 Å². The van der Waals surface area contributed by atoms with E-state index in [1.54, 1.807) is 26.4 Å². The fraction of sp³-hybridized carbons (Fsp3) is 0.294. The van der Waals surface area contributed by atoms with E-state index in [4.69, 9.17) is 9.47 Å². The van der Waals surface area contributed by atoms with Crippen LogP contribution in [-0.2, 0) is 12.8 Å². The van der Waals surface area contributed by atoms with Crippen molar-refractivity contribution in [2.45, 2.75) is 18.9 Å². The number of aromatic hydroxyl groups is 1. The molecule has 0 fully saturated rings. The van der Waals surface area contributed by atoms with Crippen molar-refractivity contribution < 1.29 is 19.7 Å². The van der Waals surface area contributed by atoms with E-state index in [0.29, 0.717) is 24.3 Å². The molecule has 0 amide bonds. The van der Waals surface area contributed by atoms with Crippen LogP contribution in [-0.4, -0.2) is 30.5 Å². The zero-order valence-electron chi connectivity index (χ0n) is 12.2. The van der Waals surface area contributed by atoms with Gasteiger partial charge in [-0.05, 0) is 48.2 Å². The molecule has 0 saturated carbocycles. The largest absolute Gasteiger partial charge is 0.508 e. The monoisotopic (exact) mass is 288 g/mol. The highest BCUT2D eigenvalue weighted by atomic mass is 16.5. The lowest BCUT2D eigenvalue weighted by Gasteiger charge is -2.13. The van der Waals surface area contributed by atoms with Crippen molar-refractivity contribution in [1.82, 2.24) is 0 Å². The van der Waals surface area contributed by atoms with Gasteiger partial charge in [0.1, 0.15) is 5.75 Å². The Bertz CT molecular complexity index is 578. The number of methoxy groups -OCH3 is 2.